The number of aliphatic hydroxyl groups is 1. The monoisotopic (exact) mass is 302 g/mol. The molecule has 2 atom stereocenters. The highest BCUT2D eigenvalue weighted by atomic mass is 19.4. The van der Waals surface area contributed by atoms with Gasteiger partial charge in [-0.3, -0.25) is 0 Å². The summed E-state index contributed by atoms with van der Waals surface area (Å²) < 4.78 is 43.7. The molecule has 1 aromatic rings. The number of methoxy groups -OCH3 is 1. The third-order valence-corrected chi connectivity index (χ3v) is 4.38. The van der Waals surface area contributed by atoms with Crippen molar-refractivity contribution in [3.63, 3.8) is 0 Å². The predicted octanol–water partition coefficient (Wildman–Crippen LogP) is 2.21. The third kappa shape index (κ3) is 2.60. The van der Waals surface area contributed by atoms with Crippen LogP contribution in [0.4, 0.5) is 13.2 Å². The summed E-state index contributed by atoms with van der Waals surface area (Å²) in [6.45, 7) is 0. The largest absolute Gasteiger partial charge is 0.481 e. The van der Waals surface area contributed by atoms with Crippen LogP contribution in [-0.4, -0.2) is 29.3 Å². The number of hydrogen-bond acceptors (Lipinski definition) is 4. The fourth-order valence-electron chi connectivity index (χ4n) is 3.45. The molecule has 3 rings (SSSR count). The van der Waals surface area contributed by atoms with E-state index >= 15 is 0 Å². The second-order valence-corrected chi connectivity index (χ2v) is 5.86. The predicted molar refractivity (Wildman–Crippen MR) is 68.9 cm³/mol. The average Bonchev–Trinajstić information content (AvgIpc) is 2.77. The van der Waals surface area contributed by atoms with Crippen LogP contribution in [0.1, 0.15) is 36.8 Å². The minimum Gasteiger partial charge on any atom is -0.481 e. The average molecular weight is 302 g/mol. The van der Waals surface area contributed by atoms with E-state index in [9.17, 15) is 18.3 Å². The van der Waals surface area contributed by atoms with Crippen molar-refractivity contribution in [1.82, 2.24) is 10.3 Å². The van der Waals surface area contributed by atoms with Gasteiger partial charge in [-0.15, -0.1) is 0 Å². The highest BCUT2D eigenvalue weighted by molar-refractivity contribution is 5.37. The van der Waals surface area contributed by atoms with Crippen molar-refractivity contribution >= 4 is 0 Å². The van der Waals surface area contributed by atoms with Crippen LogP contribution in [-0.2, 0) is 11.8 Å². The summed E-state index contributed by atoms with van der Waals surface area (Å²) in [6.07, 6.45) is -1.13. The van der Waals surface area contributed by atoms with E-state index in [0.717, 1.165) is 25.1 Å². The van der Waals surface area contributed by atoms with Gasteiger partial charge in [0, 0.05) is 23.8 Å². The molecule has 2 unspecified atom stereocenters. The number of halogens is 3. The Morgan fingerprint density at radius 1 is 1.33 bits per heavy atom. The number of pyridine rings is 1. The van der Waals surface area contributed by atoms with Gasteiger partial charge in [-0.1, -0.05) is 0 Å². The fourth-order valence-corrected chi connectivity index (χ4v) is 3.45. The normalized spacial score (nSPS) is 32.2. The van der Waals surface area contributed by atoms with Gasteiger partial charge in [0.25, 0.3) is 0 Å². The van der Waals surface area contributed by atoms with Crippen molar-refractivity contribution < 1.29 is 23.0 Å². The molecule has 2 aliphatic rings. The van der Waals surface area contributed by atoms with Crippen LogP contribution < -0.4 is 10.1 Å². The molecule has 0 amide bonds. The summed E-state index contributed by atoms with van der Waals surface area (Å²) in [5.41, 5.74) is -2.05. The quantitative estimate of drug-likeness (QED) is 0.879. The van der Waals surface area contributed by atoms with Crippen molar-refractivity contribution in [1.29, 1.82) is 0 Å². The number of piperidine rings is 1. The maximum atomic E-state index is 12.9. The van der Waals surface area contributed by atoms with E-state index in [1.807, 2.05) is 0 Å². The molecule has 0 aromatic carbocycles. The Balaban J connectivity index is 2.03. The first-order valence-corrected chi connectivity index (χ1v) is 6.92. The number of fused-ring (bicyclic) bond motifs is 2. The number of nitrogens with one attached hydrogen (secondary N) is 1. The van der Waals surface area contributed by atoms with Crippen LogP contribution in [0.25, 0.3) is 0 Å². The summed E-state index contributed by atoms with van der Waals surface area (Å²) in [5.74, 6) is 0.0619. The molecule has 1 aromatic heterocycles. The van der Waals surface area contributed by atoms with Gasteiger partial charge in [0.15, 0.2) is 0 Å². The van der Waals surface area contributed by atoms with Crippen molar-refractivity contribution in [2.45, 2.75) is 49.5 Å². The van der Waals surface area contributed by atoms with Crippen molar-refractivity contribution in [2.24, 2.45) is 0 Å². The Morgan fingerprint density at radius 2 is 1.95 bits per heavy atom. The summed E-state index contributed by atoms with van der Waals surface area (Å²) in [6, 6.07) is 1.23. The van der Waals surface area contributed by atoms with Crippen LogP contribution >= 0.6 is 0 Å². The zero-order valence-electron chi connectivity index (χ0n) is 11.6. The molecule has 0 saturated carbocycles. The second kappa shape index (κ2) is 4.84. The number of hydrogen-bond donors (Lipinski definition) is 2. The Hall–Kier alpha value is -1.34. The zero-order valence-corrected chi connectivity index (χ0v) is 11.6. The lowest BCUT2D eigenvalue weighted by atomic mass is 9.81. The van der Waals surface area contributed by atoms with E-state index in [4.69, 9.17) is 4.74 Å². The number of rotatable bonds is 2. The summed E-state index contributed by atoms with van der Waals surface area (Å²) in [5, 5.41) is 14.3. The number of aromatic nitrogens is 1. The van der Waals surface area contributed by atoms with Crippen LogP contribution in [0.5, 0.6) is 5.88 Å². The summed E-state index contributed by atoms with van der Waals surface area (Å²) in [7, 11) is 1.35. The van der Waals surface area contributed by atoms with Gasteiger partial charge in [0.05, 0.1) is 18.3 Å². The lowest BCUT2D eigenvalue weighted by Crippen LogP contribution is -2.47. The molecule has 3 heterocycles. The molecule has 2 saturated heterocycles. The maximum Gasteiger partial charge on any atom is 0.417 e. The molecule has 0 radical (unpaired) electrons. The molecular formula is C14H17F3N2O2. The Kier molecular flexibility index (Phi) is 3.37. The molecule has 2 fully saturated rings. The Morgan fingerprint density at radius 3 is 2.48 bits per heavy atom. The second-order valence-electron chi connectivity index (χ2n) is 5.86. The third-order valence-electron chi connectivity index (χ3n) is 4.38. The lowest BCUT2D eigenvalue weighted by Gasteiger charge is -2.38. The first kappa shape index (κ1) is 14.6. The van der Waals surface area contributed by atoms with E-state index in [1.165, 1.54) is 7.11 Å². The highest BCUT2D eigenvalue weighted by Gasteiger charge is 2.46. The van der Waals surface area contributed by atoms with E-state index in [1.54, 1.807) is 0 Å². The molecule has 7 heteroatoms. The van der Waals surface area contributed by atoms with Gasteiger partial charge in [-0.05, 0) is 31.7 Å². The number of ether oxygens (including phenoxy) is 1. The number of alkyl halides is 3. The van der Waals surface area contributed by atoms with Gasteiger partial charge < -0.3 is 15.2 Å². The first-order valence-electron chi connectivity index (χ1n) is 6.92. The van der Waals surface area contributed by atoms with E-state index in [-0.39, 0.29) is 23.5 Å². The summed E-state index contributed by atoms with van der Waals surface area (Å²) >= 11 is 0. The minimum atomic E-state index is -4.49. The Labute approximate surface area is 120 Å². The van der Waals surface area contributed by atoms with Gasteiger partial charge in [0.2, 0.25) is 5.88 Å². The van der Waals surface area contributed by atoms with Crippen LogP contribution in [0, 0.1) is 0 Å². The zero-order chi connectivity index (χ0) is 15.3. The van der Waals surface area contributed by atoms with Gasteiger partial charge in [0.1, 0.15) is 0 Å². The molecule has 2 bridgehead atoms. The van der Waals surface area contributed by atoms with Gasteiger partial charge >= 0.3 is 6.18 Å². The van der Waals surface area contributed by atoms with E-state index < -0.39 is 17.3 Å². The van der Waals surface area contributed by atoms with Crippen molar-refractivity contribution in [2.75, 3.05) is 7.11 Å². The molecule has 4 nitrogen and oxygen atoms in total. The molecule has 2 aliphatic heterocycles. The SMILES string of the molecule is COc1ncc(C(F)(F)F)cc1C1(O)CC2CCC(C1)N2. The van der Waals surface area contributed by atoms with E-state index in [2.05, 4.69) is 10.3 Å². The smallest absolute Gasteiger partial charge is 0.417 e. The summed E-state index contributed by atoms with van der Waals surface area (Å²) in [4.78, 5) is 3.73. The van der Waals surface area contributed by atoms with Crippen LogP contribution in [0.3, 0.4) is 0 Å². The van der Waals surface area contributed by atoms with Crippen LogP contribution in [0.15, 0.2) is 12.3 Å². The fraction of sp³-hybridized carbons (Fsp3) is 0.643. The van der Waals surface area contributed by atoms with Crippen molar-refractivity contribution in [3.8, 4) is 5.88 Å². The van der Waals surface area contributed by atoms with E-state index in [0.29, 0.717) is 12.8 Å². The van der Waals surface area contributed by atoms with Crippen molar-refractivity contribution in [3.05, 3.63) is 23.4 Å². The lowest BCUT2D eigenvalue weighted by molar-refractivity contribution is -0.138. The molecule has 21 heavy (non-hydrogen) atoms. The highest BCUT2D eigenvalue weighted by Crippen LogP contribution is 2.44. The Bertz CT molecular complexity index is 536. The first-order chi connectivity index (χ1) is 9.82. The van der Waals surface area contributed by atoms with Gasteiger partial charge in [-0.25, -0.2) is 4.98 Å². The molecule has 0 spiro atoms. The van der Waals surface area contributed by atoms with Crippen LogP contribution in [0.2, 0.25) is 0 Å². The standard InChI is InChI=1S/C14H17F3N2O2/c1-21-12-11(4-8(7-18-12)14(15,16)17)13(20)5-9-2-3-10(6-13)19-9/h4,7,9-10,19-20H,2-3,5-6H2,1H3. The topological polar surface area (TPSA) is 54.4 Å². The maximum absolute atomic E-state index is 12.9. The minimum absolute atomic E-state index is 0.0619. The van der Waals surface area contributed by atoms with Gasteiger partial charge in [-0.2, -0.15) is 13.2 Å². The molecule has 2 N–H and O–H groups in total. The molecule has 0 aliphatic carbocycles. The number of nitrogens with zero attached hydrogens (tertiary/aromatic N) is 1. The molecule has 116 valence electrons. The molecular weight excluding hydrogens is 285 g/mol.